The van der Waals surface area contributed by atoms with E-state index in [1.54, 1.807) is 0 Å². The van der Waals surface area contributed by atoms with Crippen molar-refractivity contribution in [1.82, 2.24) is 5.32 Å². The van der Waals surface area contributed by atoms with Crippen molar-refractivity contribution in [3.8, 4) is 0 Å². The maximum Gasteiger partial charge on any atom is 0.220 e. The number of hydrogen-bond donors (Lipinski definition) is 6. The van der Waals surface area contributed by atoms with Gasteiger partial charge in [-0.15, -0.1) is 0 Å². The highest BCUT2D eigenvalue weighted by atomic mass is 16.7. The maximum absolute atomic E-state index is 13.0. The molecular weight excluding hydrogens is 731 g/mol. The number of aliphatic hydroxyl groups excluding tert-OH is 5. The zero-order chi connectivity index (χ0) is 42.3. The molecule has 0 saturated carbocycles. The molecule has 1 rings (SSSR count). The van der Waals surface area contributed by atoms with Crippen molar-refractivity contribution in [3.05, 3.63) is 0 Å². The Bertz CT molecular complexity index is 878. The summed E-state index contributed by atoms with van der Waals surface area (Å²) in [5.41, 5.74) is 0. The van der Waals surface area contributed by atoms with E-state index in [-0.39, 0.29) is 12.5 Å². The van der Waals surface area contributed by atoms with Gasteiger partial charge in [-0.3, -0.25) is 4.79 Å². The van der Waals surface area contributed by atoms with Gasteiger partial charge in [0.15, 0.2) is 6.29 Å². The highest BCUT2D eigenvalue weighted by molar-refractivity contribution is 5.76. The number of rotatable bonds is 43. The molecule has 9 heteroatoms. The Morgan fingerprint density at radius 1 is 0.517 bits per heavy atom. The van der Waals surface area contributed by atoms with E-state index in [2.05, 4.69) is 19.2 Å². The maximum atomic E-state index is 13.0. The van der Waals surface area contributed by atoms with Crippen LogP contribution in [-0.4, -0.2) is 87.5 Å². The molecule has 0 aromatic rings. The average molecular weight is 828 g/mol. The summed E-state index contributed by atoms with van der Waals surface area (Å²) in [6.07, 6.45) is 38.2. The van der Waals surface area contributed by atoms with Crippen molar-refractivity contribution in [2.24, 2.45) is 0 Å². The summed E-state index contributed by atoms with van der Waals surface area (Å²) in [5.74, 6) is -0.139. The number of amides is 1. The first kappa shape index (κ1) is 55.2. The van der Waals surface area contributed by atoms with Crippen molar-refractivity contribution in [2.75, 3.05) is 13.2 Å². The lowest BCUT2D eigenvalue weighted by Crippen LogP contribution is -2.60. The van der Waals surface area contributed by atoms with Gasteiger partial charge in [0, 0.05) is 6.42 Å². The third-order valence-electron chi connectivity index (χ3n) is 12.5. The van der Waals surface area contributed by atoms with Gasteiger partial charge < -0.3 is 40.3 Å². The van der Waals surface area contributed by atoms with Gasteiger partial charge in [0.2, 0.25) is 5.91 Å². The topological polar surface area (TPSA) is 149 Å². The zero-order valence-electron chi connectivity index (χ0n) is 38.1. The number of carbonyl (C=O) groups is 1. The molecule has 0 radical (unpaired) electrons. The Hall–Kier alpha value is -0.810. The molecule has 6 N–H and O–H groups in total. The molecule has 1 saturated heterocycles. The Balaban J connectivity index is 2.25. The standard InChI is InChI=1S/C49H97NO8/c1-3-5-7-9-11-13-15-17-19-20-21-22-23-25-27-29-31-33-35-37-39-45(53)50-42(41-57-49-48(56)47(55)46(54)44(40-51)58-49)43(52)38-36-34-32-30-28-26-24-18-16-14-12-10-8-6-4-2/h42-44,46-49,51-52,54-56H,3-41H2,1-2H3,(H,50,53)/t42-,43+,44-,46-,47?,48?,49-/m0/s1. The molecule has 0 spiro atoms. The largest absolute Gasteiger partial charge is 0.394 e. The summed E-state index contributed by atoms with van der Waals surface area (Å²) in [5, 5.41) is 54.5. The molecule has 7 atom stereocenters. The van der Waals surface area contributed by atoms with E-state index in [0.717, 1.165) is 38.5 Å². The van der Waals surface area contributed by atoms with Gasteiger partial charge >= 0.3 is 0 Å². The lowest BCUT2D eigenvalue weighted by Gasteiger charge is -2.40. The van der Waals surface area contributed by atoms with Crippen molar-refractivity contribution in [1.29, 1.82) is 0 Å². The van der Waals surface area contributed by atoms with Crippen LogP contribution in [0.1, 0.15) is 251 Å². The lowest BCUT2D eigenvalue weighted by atomic mass is 9.99. The number of aliphatic hydroxyl groups is 5. The van der Waals surface area contributed by atoms with Crippen LogP contribution < -0.4 is 5.32 Å². The SMILES string of the molecule is CCCCCCCCCCCCCCCCCCCCCCC(=O)N[C@@H](CO[C@H]1O[C@@H](CO)[C@H](O)C(O)C1O)[C@H](O)CCCCCCCCCCCCCCCCC. The Morgan fingerprint density at radius 2 is 0.862 bits per heavy atom. The zero-order valence-corrected chi connectivity index (χ0v) is 38.1. The third kappa shape index (κ3) is 30.3. The Morgan fingerprint density at radius 3 is 1.22 bits per heavy atom. The molecule has 1 fully saturated rings. The van der Waals surface area contributed by atoms with Gasteiger partial charge in [0.25, 0.3) is 0 Å². The average Bonchev–Trinajstić information content (AvgIpc) is 3.22. The van der Waals surface area contributed by atoms with E-state index in [9.17, 15) is 30.3 Å². The molecule has 0 aromatic heterocycles. The first-order valence-electron chi connectivity index (χ1n) is 25.2. The summed E-state index contributed by atoms with van der Waals surface area (Å²) in [7, 11) is 0. The molecule has 9 nitrogen and oxygen atoms in total. The molecule has 346 valence electrons. The van der Waals surface area contributed by atoms with Crippen LogP contribution in [0.3, 0.4) is 0 Å². The summed E-state index contributed by atoms with van der Waals surface area (Å²) >= 11 is 0. The molecule has 0 aliphatic carbocycles. The molecule has 0 bridgehead atoms. The number of nitrogens with one attached hydrogen (secondary N) is 1. The smallest absolute Gasteiger partial charge is 0.220 e. The van der Waals surface area contributed by atoms with E-state index in [0.29, 0.717) is 12.8 Å². The van der Waals surface area contributed by atoms with Gasteiger partial charge in [-0.2, -0.15) is 0 Å². The second-order valence-corrected chi connectivity index (χ2v) is 18.0. The third-order valence-corrected chi connectivity index (χ3v) is 12.5. The van der Waals surface area contributed by atoms with E-state index in [4.69, 9.17) is 9.47 Å². The minimum absolute atomic E-state index is 0.131. The minimum atomic E-state index is -1.55. The quantitative estimate of drug-likeness (QED) is 0.0333. The normalized spacial score (nSPS) is 20.7. The summed E-state index contributed by atoms with van der Waals surface area (Å²) in [4.78, 5) is 13.0. The van der Waals surface area contributed by atoms with E-state index in [1.165, 1.54) is 186 Å². The fourth-order valence-corrected chi connectivity index (χ4v) is 8.40. The molecule has 1 amide bonds. The highest BCUT2D eigenvalue weighted by Gasteiger charge is 2.44. The summed E-state index contributed by atoms with van der Waals surface area (Å²) in [6, 6.07) is -0.711. The van der Waals surface area contributed by atoms with Crippen LogP contribution in [0, 0.1) is 0 Å². The summed E-state index contributed by atoms with van der Waals surface area (Å²) in [6.45, 7) is 3.86. The predicted octanol–water partition coefficient (Wildman–Crippen LogP) is 11.1. The fourth-order valence-electron chi connectivity index (χ4n) is 8.40. The van der Waals surface area contributed by atoms with Crippen LogP contribution in [0.15, 0.2) is 0 Å². The lowest BCUT2D eigenvalue weighted by molar-refractivity contribution is -0.302. The number of hydrogen-bond acceptors (Lipinski definition) is 8. The Kier molecular flexibility index (Phi) is 38.3. The van der Waals surface area contributed by atoms with Crippen LogP contribution in [-0.2, 0) is 14.3 Å². The second kappa shape index (κ2) is 40.3. The van der Waals surface area contributed by atoms with E-state index in [1.807, 2.05) is 0 Å². The molecule has 2 unspecified atom stereocenters. The molecule has 58 heavy (non-hydrogen) atoms. The van der Waals surface area contributed by atoms with E-state index >= 15 is 0 Å². The number of unbranched alkanes of at least 4 members (excludes halogenated alkanes) is 33. The molecule has 0 aromatic carbocycles. The van der Waals surface area contributed by atoms with Crippen LogP contribution in [0.2, 0.25) is 0 Å². The van der Waals surface area contributed by atoms with Gasteiger partial charge in [-0.1, -0.05) is 232 Å². The first-order chi connectivity index (χ1) is 28.3. The van der Waals surface area contributed by atoms with Crippen molar-refractivity contribution >= 4 is 5.91 Å². The monoisotopic (exact) mass is 828 g/mol. The second-order valence-electron chi connectivity index (χ2n) is 18.0. The number of ether oxygens (including phenoxy) is 2. The van der Waals surface area contributed by atoms with Gasteiger partial charge in [0.1, 0.15) is 24.4 Å². The van der Waals surface area contributed by atoms with E-state index < -0.39 is 49.5 Å². The number of carbonyl (C=O) groups excluding carboxylic acids is 1. The van der Waals surface area contributed by atoms with Crippen molar-refractivity contribution < 1.29 is 39.8 Å². The molecular formula is C49H97NO8. The van der Waals surface area contributed by atoms with Crippen LogP contribution in [0.4, 0.5) is 0 Å². The molecule has 1 heterocycles. The molecule has 1 aliphatic rings. The van der Waals surface area contributed by atoms with Crippen molar-refractivity contribution in [3.63, 3.8) is 0 Å². The predicted molar refractivity (Wildman–Crippen MR) is 240 cm³/mol. The summed E-state index contributed by atoms with van der Waals surface area (Å²) < 4.78 is 11.3. The highest BCUT2D eigenvalue weighted by Crippen LogP contribution is 2.23. The van der Waals surface area contributed by atoms with Gasteiger partial charge in [-0.25, -0.2) is 0 Å². The van der Waals surface area contributed by atoms with Gasteiger partial charge in [-0.05, 0) is 12.8 Å². The fraction of sp³-hybridized carbons (Fsp3) is 0.980. The molecule has 1 aliphatic heterocycles. The van der Waals surface area contributed by atoms with Crippen molar-refractivity contribution in [2.45, 2.75) is 294 Å². The van der Waals surface area contributed by atoms with Gasteiger partial charge in [0.05, 0.1) is 25.4 Å². The van der Waals surface area contributed by atoms with Crippen LogP contribution >= 0.6 is 0 Å². The Labute approximate surface area is 357 Å². The minimum Gasteiger partial charge on any atom is -0.394 e. The van der Waals surface area contributed by atoms with Crippen LogP contribution in [0.5, 0.6) is 0 Å². The first-order valence-corrected chi connectivity index (χ1v) is 25.2. The van der Waals surface area contributed by atoms with Crippen LogP contribution in [0.25, 0.3) is 0 Å².